The molecular weight excluding hydrogens is 200 g/mol. The van der Waals surface area contributed by atoms with Crippen LogP contribution in [0.2, 0.25) is 0 Å². The molecule has 2 heteroatoms. The maximum atomic E-state index is 11.0. The third-order valence-corrected chi connectivity index (χ3v) is 2.49. The summed E-state index contributed by atoms with van der Waals surface area (Å²) in [6.45, 7) is 5.82. The van der Waals surface area contributed by atoms with Gasteiger partial charge in [-0.1, -0.05) is 44.2 Å². The van der Waals surface area contributed by atoms with Gasteiger partial charge in [-0.15, -0.1) is 0 Å². The second-order valence-electron chi connectivity index (χ2n) is 4.48. The molecule has 0 heterocycles. The summed E-state index contributed by atoms with van der Waals surface area (Å²) < 4.78 is 5.35. The predicted octanol–water partition coefficient (Wildman–Crippen LogP) is 3.73. The zero-order chi connectivity index (χ0) is 12.0. The number of hydrogen-bond donors (Lipinski definition) is 0. The molecule has 0 bridgehead atoms. The summed E-state index contributed by atoms with van der Waals surface area (Å²) in [5, 5.41) is 0. The Balaban J connectivity index is 2.67. The Hall–Kier alpha value is -1.31. The van der Waals surface area contributed by atoms with Gasteiger partial charge in [0, 0.05) is 6.92 Å². The summed E-state index contributed by atoms with van der Waals surface area (Å²) in [6, 6.07) is 9.93. The van der Waals surface area contributed by atoms with E-state index in [4.69, 9.17) is 4.74 Å². The van der Waals surface area contributed by atoms with E-state index in [9.17, 15) is 4.79 Å². The van der Waals surface area contributed by atoms with E-state index in [0.717, 1.165) is 18.4 Å². The minimum absolute atomic E-state index is 0.0962. The number of carbonyl (C=O) groups excluding carboxylic acids is 1. The molecule has 88 valence electrons. The van der Waals surface area contributed by atoms with Gasteiger partial charge in [0.05, 0.1) is 0 Å². The van der Waals surface area contributed by atoms with E-state index in [1.54, 1.807) is 0 Å². The summed E-state index contributed by atoms with van der Waals surface area (Å²) in [7, 11) is 0. The van der Waals surface area contributed by atoms with Crippen LogP contribution in [0.1, 0.15) is 45.3 Å². The number of carbonyl (C=O) groups is 1. The average molecular weight is 220 g/mol. The third-order valence-electron chi connectivity index (χ3n) is 2.49. The van der Waals surface area contributed by atoms with Crippen molar-refractivity contribution in [2.24, 2.45) is 5.92 Å². The van der Waals surface area contributed by atoms with Crippen molar-refractivity contribution in [2.75, 3.05) is 0 Å². The van der Waals surface area contributed by atoms with Gasteiger partial charge in [-0.05, 0) is 24.3 Å². The van der Waals surface area contributed by atoms with Gasteiger partial charge in [-0.2, -0.15) is 0 Å². The molecule has 0 aliphatic rings. The molecule has 1 rings (SSSR count). The van der Waals surface area contributed by atoms with Gasteiger partial charge >= 0.3 is 5.97 Å². The van der Waals surface area contributed by atoms with Crippen LogP contribution in [-0.4, -0.2) is 5.97 Å². The molecule has 0 saturated heterocycles. The van der Waals surface area contributed by atoms with Crippen LogP contribution in [0.5, 0.6) is 0 Å². The summed E-state index contributed by atoms with van der Waals surface area (Å²) in [5.41, 5.74) is 1.08. The average Bonchev–Trinajstić information content (AvgIpc) is 2.25. The molecule has 0 N–H and O–H groups in total. The fourth-order valence-corrected chi connectivity index (χ4v) is 1.65. The number of hydrogen-bond acceptors (Lipinski definition) is 2. The minimum atomic E-state index is -0.211. The highest BCUT2D eigenvalue weighted by atomic mass is 16.5. The molecule has 0 aromatic heterocycles. The van der Waals surface area contributed by atoms with Gasteiger partial charge in [-0.3, -0.25) is 4.79 Å². The normalized spacial score (nSPS) is 12.5. The summed E-state index contributed by atoms with van der Waals surface area (Å²) in [6.07, 6.45) is 1.86. The maximum Gasteiger partial charge on any atom is 0.303 e. The topological polar surface area (TPSA) is 26.3 Å². The van der Waals surface area contributed by atoms with Gasteiger partial charge in [0.2, 0.25) is 0 Å². The van der Waals surface area contributed by atoms with Crippen molar-refractivity contribution in [3.8, 4) is 0 Å². The van der Waals surface area contributed by atoms with Gasteiger partial charge in [0.15, 0.2) is 0 Å². The van der Waals surface area contributed by atoms with E-state index in [1.165, 1.54) is 6.92 Å². The van der Waals surface area contributed by atoms with Crippen LogP contribution in [-0.2, 0) is 9.53 Å². The van der Waals surface area contributed by atoms with Crippen molar-refractivity contribution in [2.45, 2.75) is 39.7 Å². The first-order valence-electron chi connectivity index (χ1n) is 5.81. The van der Waals surface area contributed by atoms with Crippen LogP contribution < -0.4 is 0 Å². The van der Waals surface area contributed by atoms with E-state index in [-0.39, 0.29) is 12.1 Å². The van der Waals surface area contributed by atoms with E-state index in [1.807, 2.05) is 30.3 Å². The zero-order valence-electron chi connectivity index (χ0n) is 10.3. The fraction of sp³-hybridized carbons (Fsp3) is 0.500. The standard InChI is InChI=1S/C14H20O2/c1-11(2)9-10-14(16-12(3)15)13-7-5-4-6-8-13/h4-8,11,14H,9-10H2,1-3H3/t14-/m0/s1. The Kier molecular flexibility index (Phi) is 5.03. The highest BCUT2D eigenvalue weighted by Crippen LogP contribution is 2.24. The zero-order valence-corrected chi connectivity index (χ0v) is 10.3. The molecule has 2 nitrogen and oxygen atoms in total. The van der Waals surface area contributed by atoms with Gasteiger partial charge in [0.25, 0.3) is 0 Å². The molecule has 0 unspecified atom stereocenters. The molecule has 0 fully saturated rings. The van der Waals surface area contributed by atoms with Gasteiger partial charge in [-0.25, -0.2) is 0 Å². The molecule has 1 aromatic carbocycles. The second-order valence-corrected chi connectivity index (χ2v) is 4.48. The fourth-order valence-electron chi connectivity index (χ4n) is 1.65. The first-order valence-corrected chi connectivity index (χ1v) is 5.81. The van der Waals surface area contributed by atoms with E-state index in [2.05, 4.69) is 13.8 Å². The quantitative estimate of drug-likeness (QED) is 0.707. The van der Waals surface area contributed by atoms with Crippen LogP contribution in [0.3, 0.4) is 0 Å². The Labute approximate surface area is 97.6 Å². The molecule has 0 radical (unpaired) electrons. The Morgan fingerprint density at radius 2 is 1.81 bits per heavy atom. The number of benzene rings is 1. The van der Waals surface area contributed by atoms with Crippen molar-refractivity contribution >= 4 is 5.97 Å². The van der Waals surface area contributed by atoms with Crippen molar-refractivity contribution in [3.63, 3.8) is 0 Å². The van der Waals surface area contributed by atoms with Gasteiger partial charge in [0.1, 0.15) is 6.10 Å². The van der Waals surface area contributed by atoms with Crippen molar-refractivity contribution in [3.05, 3.63) is 35.9 Å². The molecule has 16 heavy (non-hydrogen) atoms. The van der Waals surface area contributed by atoms with Crippen LogP contribution in [0.4, 0.5) is 0 Å². The van der Waals surface area contributed by atoms with Crippen LogP contribution >= 0.6 is 0 Å². The summed E-state index contributed by atoms with van der Waals surface area (Å²) >= 11 is 0. The molecule has 0 aliphatic carbocycles. The lowest BCUT2D eigenvalue weighted by Crippen LogP contribution is -2.09. The first-order chi connectivity index (χ1) is 7.59. The Morgan fingerprint density at radius 3 is 2.31 bits per heavy atom. The molecule has 0 amide bonds. The number of esters is 1. The smallest absolute Gasteiger partial charge is 0.303 e. The van der Waals surface area contributed by atoms with Crippen LogP contribution in [0, 0.1) is 5.92 Å². The van der Waals surface area contributed by atoms with E-state index >= 15 is 0 Å². The summed E-state index contributed by atoms with van der Waals surface area (Å²) in [5.74, 6) is 0.416. The third kappa shape index (κ3) is 4.47. The minimum Gasteiger partial charge on any atom is -0.458 e. The number of rotatable bonds is 5. The Morgan fingerprint density at radius 1 is 1.19 bits per heavy atom. The second kappa shape index (κ2) is 6.31. The molecule has 0 saturated carbocycles. The van der Waals surface area contributed by atoms with Crippen LogP contribution in [0.15, 0.2) is 30.3 Å². The predicted molar refractivity (Wildman–Crippen MR) is 65.0 cm³/mol. The molecule has 1 aromatic rings. The monoisotopic (exact) mass is 220 g/mol. The highest BCUT2D eigenvalue weighted by molar-refractivity contribution is 5.66. The van der Waals surface area contributed by atoms with Crippen molar-refractivity contribution in [1.29, 1.82) is 0 Å². The molecule has 1 atom stereocenters. The molecule has 0 spiro atoms. The molecular formula is C14H20O2. The number of ether oxygens (including phenoxy) is 1. The van der Waals surface area contributed by atoms with Gasteiger partial charge < -0.3 is 4.74 Å². The first kappa shape index (κ1) is 12.8. The van der Waals surface area contributed by atoms with Crippen LogP contribution in [0.25, 0.3) is 0 Å². The van der Waals surface area contributed by atoms with E-state index < -0.39 is 0 Å². The summed E-state index contributed by atoms with van der Waals surface area (Å²) in [4.78, 5) is 11.0. The highest BCUT2D eigenvalue weighted by Gasteiger charge is 2.14. The SMILES string of the molecule is CC(=O)O[C@@H](CCC(C)C)c1ccccc1. The largest absolute Gasteiger partial charge is 0.458 e. The van der Waals surface area contributed by atoms with Crippen molar-refractivity contribution < 1.29 is 9.53 Å². The molecule has 0 aliphatic heterocycles. The maximum absolute atomic E-state index is 11.0. The van der Waals surface area contributed by atoms with Crippen molar-refractivity contribution in [1.82, 2.24) is 0 Å². The lowest BCUT2D eigenvalue weighted by molar-refractivity contribution is -0.147. The van der Waals surface area contributed by atoms with E-state index in [0.29, 0.717) is 5.92 Å². The lowest BCUT2D eigenvalue weighted by Gasteiger charge is -2.18. The lowest BCUT2D eigenvalue weighted by atomic mass is 10.00. The Bertz CT molecular complexity index is 317.